The molecule has 0 saturated heterocycles. The first kappa shape index (κ1) is 14.3. The minimum atomic E-state index is 0.860. The number of nitrogens with zero attached hydrogens (tertiary/aromatic N) is 3. The predicted molar refractivity (Wildman–Crippen MR) is 93.4 cm³/mol. The van der Waals surface area contributed by atoms with Gasteiger partial charge in [-0.05, 0) is 42.8 Å². The second-order valence-corrected chi connectivity index (χ2v) is 5.99. The number of fused-ring (bicyclic) bond motifs is 1. The Balaban J connectivity index is 1.83. The van der Waals surface area contributed by atoms with Crippen LogP contribution in [0.1, 0.15) is 12.2 Å². The van der Waals surface area contributed by atoms with Crippen LogP contribution in [0.5, 0.6) is 5.75 Å². The van der Waals surface area contributed by atoms with Crippen molar-refractivity contribution in [1.29, 1.82) is 0 Å². The molecule has 0 radical (unpaired) electrons. The van der Waals surface area contributed by atoms with E-state index in [1.807, 2.05) is 30.8 Å². The van der Waals surface area contributed by atoms with Crippen LogP contribution in [-0.4, -0.2) is 20.8 Å². The van der Waals surface area contributed by atoms with Gasteiger partial charge in [-0.1, -0.05) is 0 Å². The second kappa shape index (κ2) is 6.08. The van der Waals surface area contributed by atoms with E-state index in [2.05, 4.69) is 33.8 Å². The summed E-state index contributed by atoms with van der Waals surface area (Å²) in [7, 11) is 0. The Hall–Kier alpha value is -2.27. The van der Waals surface area contributed by atoms with Crippen molar-refractivity contribution in [2.24, 2.45) is 0 Å². The zero-order chi connectivity index (χ0) is 15.6. The third-order valence-electron chi connectivity index (χ3n) is 4.09. The Morgan fingerprint density at radius 2 is 1.83 bits per heavy atom. The van der Waals surface area contributed by atoms with Crippen LogP contribution in [0.4, 0.5) is 0 Å². The first-order valence-corrected chi connectivity index (χ1v) is 8.82. The van der Waals surface area contributed by atoms with Crippen LogP contribution in [0.3, 0.4) is 0 Å². The van der Waals surface area contributed by atoms with Crippen molar-refractivity contribution in [3.8, 4) is 28.3 Å². The van der Waals surface area contributed by atoms with Crippen molar-refractivity contribution in [2.75, 3.05) is 6.26 Å². The molecule has 4 rings (SSSR count). The van der Waals surface area contributed by atoms with Crippen molar-refractivity contribution >= 4 is 12.0 Å². The van der Waals surface area contributed by atoms with Crippen LogP contribution in [-0.2, 0) is 13.0 Å². The minimum Gasteiger partial charge on any atom is -0.426 e. The van der Waals surface area contributed by atoms with Gasteiger partial charge in [-0.15, -0.1) is 0 Å². The average Bonchev–Trinajstić information content (AvgIpc) is 3.17. The SMILES string of the molecule is CSOc1ccc(-c2nc3n(c2-c2ccncc2)CCC3)cc1. The summed E-state index contributed by atoms with van der Waals surface area (Å²) in [4.78, 5) is 9.04. The molecule has 5 heteroatoms. The first-order chi connectivity index (χ1) is 11.4. The zero-order valence-corrected chi connectivity index (χ0v) is 13.7. The summed E-state index contributed by atoms with van der Waals surface area (Å²) in [6.45, 7) is 1.04. The van der Waals surface area contributed by atoms with Crippen LogP contribution in [0.15, 0.2) is 48.8 Å². The molecule has 0 saturated carbocycles. The summed E-state index contributed by atoms with van der Waals surface area (Å²) in [6, 6.07) is 12.2. The van der Waals surface area contributed by atoms with Crippen molar-refractivity contribution in [3.05, 3.63) is 54.6 Å². The highest BCUT2D eigenvalue weighted by Crippen LogP contribution is 2.36. The smallest absolute Gasteiger partial charge is 0.137 e. The zero-order valence-electron chi connectivity index (χ0n) is 12.9. The maximum atomic E-state index is 5.46. The van der Waals surface area contributed by atoms with Gasteiger partial charge in [0.25, 0.3) is 0 Å². The molecule has 23 heavy (non-hydrogen) atoms. The van der Waals surface area contributed by atoms with E-state index in [4.69, 9.17) is 9.17 Å². The molecule has 1 aliphatic heterocycles. The van der Waals surface area contributed by atoms with E-state index in [-0.39, 0.29) is 0 Å². The van der Waals surface area contributed by atoms with E-state index in [1.54, 1.807) is 0 Å². The van der Waals surface area contributed by atoms with Crippen LogP contribution < -0.4 is 4.18 Å². The van der Waals surface area contributed by atoms with E-state index in [0.717, 1.165) is 30.0 Å². The molecule has 1 aromatic carbocycles. The molecule has 4 nitrogen and oxygen atoms in total. The Morgan fingerprint density at radius 1 is 1.04 bits per heavy atom. The monoisotopic (exact) mass is 323 g/mol. The maximum Gasteiger partial charge on any atom is 0.137 e. The summed E-state index contributed by atoms with van der Waals surface area (Å²) in [5.74, 6) is 2.04. The topological polar surface area (TPSA) is 39.9 Å². The summed E-state index contributed by atoms with van der Waals surface area (Å²) in [5, 5.41) is 0. The fourth-order valence-corrected chi connectivity index (χ4v) is 3.40. The molecule has 0 fully saturated rings. The molecular weight excluding hydrogens is 306 g/mol. The van der Waals surface area contributed by atoms with Gasteiger partial charge in [-0.3, -0.25) is 4.98 Å². The summed E-state index contributed by atoms with van der Waals surface area (Å²) >= 11 is 1.35. The lowest BCUT2D eigenvalue weighted by Gasteiger charge is -2.09. The van der Waals surface area contributed by atoms with Gasteiger partial charge in [0.1, 0.15) is 11.6 Å². The largest absolute Gasteiger partial charge is 0.426 e. The van der Waals surface area contributed by atoms with E-state index in [1.165, 1.54) is 35.5 Å². The van der Waals surface area contributed by atoms with Crippen molar-refractivity contribution < 1.29 is 4.18 Å². The molecular formula is C18H17N3OS. The molecule has 0 N–H and O–H groups in total. The van der Waals surface area contributed by atoms with Gasteiger partial charge in [0, 0.05) is 42.7 Å². The Morgan fingerprint density at radius 3 is 2.57 bits per heavy atom. The van der Waals surface area contributed by atoms with Gasteiger partial charge in [-0.25, -0.2) is 4.98 Å². The maximum absolute atomic E-state index is 5.46. The van der Waals surface area contributed by atoms with Crippen molar-refractivity contribution in [1.82, 2.24) is 14.5 Å². The Labute approximate surface area is 139 Å². The molecule has 0 atom stereocenters. The van der Waals surface area contributed by atoms with Gasteiger partial charge in [0.15, 0.2) is 0 Å². The third-order valence-corrected chi connectivity index (χ3v) is 4.45. The molecule has 3 heterocycles. The normalized spacial score (nSPS) is 13.1. The quantitative estimate of drug-likeness (QED) is 0.674. The Kier molecular flexibility index (Phi) is 3.79. The molecule has 0 bridgehead atoms. The number of aromatic nitrogens is 3. The highest BCUT2D eigenvalue weighted by atomic mass is 32.2. The van der Waals surface area contributed by atoms with Crippen LogP contribution in [0.2, 0.25) is 0 Å². The second-order valence-electron chi connectivity index (χ2n) is 5.49. The lowest BCUT2D eigenvalue weighted by Crippen LogP contribution is -1.96. The number of aryl methyl sites for hydroxylation is 1. The van der Waals surface area contributed by atoms with Crippen molar-refractivity contribution in [3.63, 3.8) is 0 Å². The molecule has 3 aromatic rings. The number of benzene rings is 1. The molecule has 2 aromatic heterocycles. The van der Waals surface area contributed by atoms with Crippen LogP contribution in [0.25, 0.3) is 22.5 Å². The number of imidazole rings is 1. The van der Waals surface area contributed by atoms with Gasteiger partial charge >= 0.3 is 0 Å². The fraction of sp³-hybridized carbons (Fsp3) is 0.222. The van der Waals surface area contributed by atoms with Gasteiger partial charge in [0.05, 0.1) is 23.4 Å². The standard InChI is InChI=1S/C18H17N3OS/c1-23-22-15-6-4-13(5-7-15)17-18(14-8-10-19-11-9-14)21-12-2-3-16(21)20-17/h4-11H,2-3,12H2,1H3. The molecule has 0 unspecified atom stereocenters. The van der Waals surface area contributed by atoms with Crippen LogP contribution >= 0.6 is 12.0 Å². The number of hydrogen-bond acceptors (Lipinski definition) is 4. The number of hydrogen-bond donors (Lipinski definition) is 0. The molecule has 0 aliphatic carbocycles. The summed E-state index contributed by atoms with van der Waals surface area (Å²) in [5.41, 5.74) is 4.52. The summed E-state index contributed by atoms with van der Waals surface area (Å²) < 4.78 is 7.80. The highest BCUT2D eigenvalue weighted by Gasteiger charge is 2.23. The van der Waals surface area contributed by atoms with Gasteiger partial charge in [-0.2, -0.15) is 0 Å². The van der Waals surface area contributed by atoms with E-state index < -0.39 is 0 Å². The Bertz CT molecular complexity index is 812. The lowest BCUT2D eigenvalue weighted by atomic mass is 10.1. The van der Waals surface area contributed by atoms with E-state index in [9.17, 15) is 0 Å². The van der Waals surface area contributed by atoms with Gasteiger partial charge in [0.2, 0.25) is 0 Å². The van der Waals surface area contributed by atoms with Gasteiger partial charge < -0.3 is 8.75 Å². The highest BCUT2D eigenvalue weighted by molar-refractivity contribution is 7.94. The molecule has 0 spiro atoms. The number of pyridine rings is 1. The fourth-order valence-electron chi connectivity index (χ4n) is 3.09. The van der Waals surface area contributed by atoms with E-state index in [0.29, 0.717) is 0 Å². The lowest BCUT2D eigenvalue weighted by molar-refractivity contribution is 0.650. The first-order valence-electron chi connectivity index (χ1n) is 7.68. The molecule has 0 amide bonds. The third kappa shape index (κ3) is 2.61. The molecule has 1 aliphatic rings. The average molecular weight is 323 g/mol. The van der Waals surface area contributed by atoms with Crippen LogP contribution in [0, 0.1) is 0 Å². The minimum absolute atomic E-state index is 0.860. The summed E-state index contributed by atoms with van der Waals surface area (Å²) in [6.07, 6.45) is 7.80. The van der Waals surface area contributed by atoms with E-state index >= 15 is 0 Å². The molecule has 116 valence electrons. The predicted octanol–water partition coefficient (Wildman–Crippen LogP) is 4.22. The van der Waals surface area contributed by atoms with Crippen molar-refractivity contribution in [2.45, 2.75) is 19.4 Å². The number of rotatable bonds is 4.